The second-order valence-electron chi connectivity index (χ2n) is 5.00. The normalized spacial score (nSPS) is 11.3. The van der Waals surface area contributed by atoms with Crippen molar-refractivity contribution in [3.8, 4) is 11.1 Å². The van der Waals surface area contributed by atoms with E-state index in [9.17, 15) is 18.0 Å². The lowest BCUT2D eigenvalue weighted by Crippen LogP contribution is -2.26. The van der Waals surface area contributed by atoms with E-state index in [1.165, 1.54) is 0 Å². The van der Waals surface area contributed by atoms with E-state index in [2.05, 4.69) is 10.3 Å². The Morgan fingerprint density at radius 1 is 1.21 bits per heavy atom. The molecule has 0 fully saturated rings. The summed E-state index contributed by atoms with van der Waals surface area (Å²) in [5.74, 6) is -0.190. The fraction of sp³-hybridized carbons (Fsp3) is 0.250. The third-order valence-electron chi connectivity index (χ3n) is 3.22. The second-order valence-corrected chi connectivity index (χ2v) is 6.16. The molecule has 8 heteroatoms. The summed E-state index contributed by atoms with van der Waals surface area (Å²) >= 11 is -0.159. The molecule has 128 valence electrons. The van der Waals surface area contributed by atoms with Crippen LogP contribution in [0.1, 0.15) is 16.1 Å². The molecule has 24 heavy (non-hydrogen) atoms. The van der Waals surface area contributed by atoms with E-state index >= 15 is 0 Å². The van der Waals surface area contributed by atoms with Gasteiger partial charge in [0.05, 0.1) is 0 Å². The van der Waals surface area contributed by atoms with Crippen LogP contribution in [0.3, 0.4) is 0 Å². The molecule has 0 unspecified atom stereocenters. The molecule has 1 heterocycles. The Labute approximate surface area is 141 Å². The summed E-state index contributed by atoms with van der Waals surface area (Å²) in [6.07, 6.45) is 0. The lowest BCUT2D eigenvalue weighted by atomic mass is 10.0. The zero-order valence-corrected chi connectivity index (χ0v) is 13.7. The van der Waals surface area contributed by atoms with Gasteiger partial charge in [-0.25, -0.2) is 4.98 Å². The summed E-state index contributed by atoms with van der Waals surface area (Å²) in [7, 11) is 0. The lowest BCUT2D eigenvalue weighted by Gasteiger charge is -2.09. The summed E-state index contributed by atoms with van der Waals surface area (Å²) in [5.41, 5.74) is 4.28. The van der Waals surface area contributed by atoms with Crippen LogP contribution in [-0.2, 0) is 0 Å². The number of halogens is 3. The van der Waals surface area contributed by atoms with Gasteiger partial charge in [-0.3, -0.25) is 4.79 Å². The first kappa shape index (κ1) is 18.1. The molecule has 1 aromatic heterocycles. The zero-order valence-electron chi connectivity index (χ0n) is 12.9. The van der Waals surface area contributed by atoms with Crippen molar-refractivity contribution < 1.29 is 18.0 Å². The maximum Gasteiger partial charge on any atom is 0.441 e. The van der Waals surface area contributed by atoms with Crippen LogP contribution >= 0.6 is 11.8 Å². The number of pyridine rings is 1. The number of nitrogen functional groups attached to an aromatic ring is 1. The number of rotatable bonds is 5. The summed E-state index contributed by atoms with van der Waals surface area (Å²) < 4.78 is 36.0. The van der Waals surface area contributed by atoms with Crippen molar-refractivity contribution in [1.82, 2.24) is 10.3 Å². The van der Waals surface area contributed by atoms with Gasteiger partial charge in [-0.05, 0) is 48.5 Å². The minimum atomic E-state index is -4.28. The van der Waals surface area contributed by atoms with Crippen molar-refractivity contribution >= 4 is 23.5 Å². The molecule has 2 aromatic rings. The highest BCUT2D eigenvalue weighted by Gasteiger charge is 2.27. The summed E-state index contributed by atoms with van der Waals surface area (Å²) in [6.45, 7) is 1.79. The first-order chi connectivity index (χ1) is 11.3. The van der Waals surface area contributed by atoms with E-state index in [1.54, 1.807) is 30.3 Å². The maximum absolute atomic E-state index is 12.0. The molecule has 3 N–H and O–H groups in total. The highest BCUT2D eigenvalue weighted by molar-refractivity contribution is 8.00. The van der Waals surface area contributed by atoms with E-state index in [0.29, 0.717) is 11.4 Å². The number of hydrogen-bond donors (Lipinski definition) is 2. The lowest BCUT2D eigenvalue weighted by molar-refractivity contribution is -0.0327. The van der Waals surface area contributed by atoms with Crippen LogP contribution < -0.4 is 11.1 Å². The Bertz CT molecular complexity index is 717. The van der Waals surface area contributed by atoms with Gasteiger partial charge in [0.25, 0.3) is 5.91 Å². The Kier molecular flexibility index (Phi) is 5.71. The summed E-state index contributed by atoms with van der Waals surface area (Å²) in [6, 6.07) is 10.3. The number of alkyl halides is 3. The molecule has 0 aliphatic heterocycles. The minimum Gasteiger partial charge on any atom is -0.384 e. The van der Waals surface area contributed by atoms with Gasteiger partial charge < -0.3 is 11.1 Å². The molecule has 0 aliphatic rings. The first-order valence-electron chi connectivity index (χ1n) is 7.09. The number of carbonyl (C=O) groups excluding carboxylic acids is 1. The number of carbonyl (C=O) groups is 1. The average Bonchev–Trinajstić information content (AvgIpc) is 2.51. The number of anilines is 1. The number of aryl methyl sites for hydroxylation is 1. The van der Waals surface area contributed by atoms with Crippen LogP contribution in [0.2, 0.25) is 0 Å². The van der Waals surface area contributed by atoms with Crippen LogP contribution in [0.4, 0.5) is 19.0 Å². The van der Waals surface area contributed by atoms with Crippen molar-refractivity contribution in [2.45, 2.75) is 12.4 Å². The number of nitrogens with one attached hydrogen (secondary N) is 1. The summed E-state index contributed by atoms with van der Waals surface area (Å²) in [5, 5.41) is 2.46. The van der Waals surface area contributed by atoms with E-state index in [4.69, 9.17) is 5.73 Å². The zero-order chi connectivity index (χ0) is 17.7. The van der Waals surface area contributed by atoms with Crippen molar-refractivity contribution in [3.63, 3.8) is 0 Å². The molecule has 0 saturated carbocycles. The molecule has 2 rings (SSSR count). The fourth-order valence-corrected chi connectivity index (χ4v) is 2.56. The Hall–Kier alpha value is -2.22. The molecular formula is C16H16F3N3OS. The van der Waals surface area contributed by atoms with Gasteiger partial charge in [0.1, 0.15) is 5.82 Å². The van der Waals surface area contributed by atoms with E-state index in [0.717, 1.165) is 16.8 Å². The molecule has 1 amide bonds. The number of nitrogens with two attached hydrogens (primary N) is 1. The summed E-state index contributed by atoms with van der Waals surface area (Å²) in [4.78, 5) is 16.1. The Balaban J connectivity index is 1.97. The number of hydrogen-bond acceptors (Lipinski definition) is 4. The number of benzene rings is 1. The predicted molar refractivity (Wildman–Crippen MR) is 89.7 cm³/mol. The number of amides is 1. The van der Waals surface area contributed by atoms with Gasteiger partial charge in [0.15, 0.2) is 0 Å². The highest BCUT2D eigenvalue weighted by Crippen LogP contribution is 2.29. The predicted octanol–water partition coefficient (Wildman–Crippen LogP) is 3.62. The topological polar surface area (TPSA) is 68.0 Å². The van der Waals surface area contributed by atoms with Crippen LogP contribution in [-0.4, -0.2) is 28.7 Å². The van der Waals surface area contributed by atoms with Crippen LogP contribution in [0.25, 0.3) is 11.1 Å². The Morgan fingerprint density at radius 2 is 1.88 bits per heavy atom. The van der Waals surface area contributed by atoms with Gasteiger partial charge in [0.2, 0.25) is 0 Å². The van der Waals surface area contributed by atoms with E-state index in [1.807, 2.05) is 13.0 Å². The molecule has 0 radical (unpaired) electrons. The highest BCUT2D eigenvalue weighted by atomic mass is 32.2. The monoisotopic (exact) mass is 355 g/mol. The average molecular weight is 355 g/mol. The van der Waals surface area contributed by atoms with E-state index in [-0.39, 0.29) is 24.1 Å². The third-order valence-corrected chi connectivity index (χ3v) is 3.95. The first-order valence-corrected chi connectivity index (χ1v) is 8.07. The third kappa shape index (κ3) is 5.16. The largest absolute Gasteiger partial charge is 0.441 e. The standard InChI is InChI=1S/C16H16F3N3OS/c1-10-13(6-7-14(20)22-10)11-2-4-12(5-3-11)15(23)21-8-9-24-16(17,18)19/h2-7H,8-9H2,1H3,(H2,20,22)(H,21,23). The van der Waals surface area contributed by atoms with E-state index < -0.39 is 11.4 Å². The smallest absolute Gasteiger partial charge is 0.384 e. The molecule has 4 nitrogen and oxygen atoms in total. The molecule has 0 bridgehead atoms. The number of nitrogens with zero attached hydrogens (tertiary/aromatic N) is 1. The molecule has 1 aromatic carbocycles. The van der Waals surface area contributed by atoms with Crippen molar-refractivity contribution in [2.24, 2.45) is 0 Å². The maximum atomic E-state index is 12.0. The molecular weight excluding hydrogens is 339 g/mol. The Morgan fingerprint density at radius 3 is 2.46 bits per heavy atom. The molecule has 0 saturated heterocycles. The van der Waals surface area contributed by atoms with Crippen molar-refractivity contribution in [2.75, 3.05) is 18.0 Å². The van der Waals surface area contributed by atoms with Gasteiger partial charge in [0, 0.05) is 29.1 Å². The second kappa shape index (κ2) is 7.57. The van der Waals surface area contributed by atoms with Gasteiger partial charge in [-0.1, -0.05) is 12.1 Å². The molecule has 0 atom stereocenters. The molecule has 0 aliphatic carbocycles. The minimum absolute atomic E-state index is 0.0498. The van der Waals surface area contributed by atoms with Gasteiger partial charge >= 0.3 is 5.51 Å². The van der Waals surface area contributed by atoms with Crippen molar-refractivity contribution in [3.05, 3.63) is 47.7 Å². The SMILES string of the molecule is Cc1nc(N)ccc1-c1ccc(C(=O)NCCSC(F)(F)F)cc1. The molecule has 0 spiro atoms. The van der Waals surface area contributed by atoms with Gasteiger partial charge in [-0.15, -0.1) is 0 Å². The van der Waals surface area contributed by atoms with Crippen LogP contribution in [0, 0.1) is 6.92 Å². The van der Waals surface area contributed by atoms with Gasteiger partial charge in [-0.2, -0.15) is 13.2 Å². The van der Waals surface area contributed by atoms with Crippen LogP contribution in [0.5, 0.6) is 0 Å². The fourth-order valence-electron chi connectivity index (χ4n) is 2.12. The van der Waals surface area contributed by atoms with Crippen molar-refractivity contribution in [1.29, 1.82) is 0 Å². The number of thioether (sulfide) groups is 1. The number of aromatic nitrogens is 1. The van der Waals surface area contributed by atoms with Crippen LogP contribution in [0.15, 0.2) is 36.4 Å². The quantitative estimate of drug-likeness (QED) is 0.804.